The summed E-state index contributed by atoms with van der Waals surface area (Å²) in [6, 6.07) is -0.706. The molecule has 0 aromatic heterocycles. The van der Waals surface area contributed by atoms with Crippen LogP contribution in [0, 0.1) is 0 Å². The second-order valence-electron chi connectivity index (χ2n) is 4.21. The second kappa shape index (κ2) is 5.53. The Morgan fingerprint density at radius 2 is 2.30 bits per heavy atom. The number of thioether (sulfide) groups is 1. The SMILES string of the molecule is CC(=O)OCC1=C(C(=O)O)N2C(=O)[C@@H](NC=O)[C@H]2SC1. The van der Waals surface area contributed by atoms with Crippen LogP contribution in [-0.4, -0.2) is 58.0 Å². The minimum Gasteiger partial charge on any atom is -0.477 e. The summed E-state index contributed by atoms with van der Waals surface area (Å²) in [6.45, 7) is 1.06. The van der Waals surface area contributed by atoms with Crippen molar-refractivity contribution >= 4 is 36.0 Å². The predicted octanol–water partition coefficient (Wildman–Crippen LogP) is -1.08. The average molecular weight is 300 g/mol. The number of hydrogen-bond acceptors (Lipinski definition) is 6. The van der Waals surface area contributed by atoms with Gasteiger partial charge in [0.1, 0.15) is 23.7 Å². The first-order valence-corrected chi connectivity index (χ1v) is 6.75. The number of nitrogens with one attached hydrogen (secondary N) is 1. The monoisotopic (exact) mass is 300 g/mol. The lowest BCUT2D eigenvalue weighted by atomic mass is 10.0. The van der Waals surface area contributed by atoms with Crippen molar-refractivity contribution in [1.82, 2.24) is 10.2 Å². The summed E-state index contributed by atoms with van der Waals surface area (Å²) in [4.78, 5) is 45.5. The lowest BCUT2D eigenvalue weighted by Gasteiger charge is -2.48. The number of esters is 1. The van der Waals surface area contributed by atoms with E-state index in [1.807, 2.05) is 0 Å². The van der Waals surface area contributed by atoms with Crippen LogP contribution in [0.1, 0.15) is 6.92 Å². The Balaban J connectivity index is 2.23. The molecule has 0 aromatic carbocycles. The van der Waals surface area contributed by atoms with Gasteiger partial charge in [0.15, 0.2) is 0 Å². The summed E-state index contributed by atoms with van der Waals surface area (Å²) >= 11 is 1.32. The van der Waals surface area contributed by atoms with E-state index in [1.54, 1.807) is 0 Å². The first kappa shape index (κ1) is 14.4. The predicted molar refractivity (Wildman–Crippen MR) is 67.4 cm³/mol. The Hall–Kier alpha value is -2.03. The largest absolute Gasteiger partial charge is 0.477 e. The fourth-order valence-electron chi connectivity index (χ4n) is 2.08. The molecule has 2 amide bonds. The number of carbonyl (C=O) groups excluding carboxylic acids is 3. The number of nitrogens with zero attached hydrogens (tertiary/aromatic N) is 1. The third-order valence-electron chi connectivity index (χ3n) is 2.95. The molecule has 2 aliphatic rings. The smallest absolute Gasteiger partial charge is 0.352 e. The van der Waals surface area contributed by atoms with Gasteiger partial charge in [0.05, 0.1) is 0 Å². The van der Waals surface area contributed by atoms with Crippen molar-refractivity contribution < 1.29 is 29.0 Å². The van der Waals surface area contributed by atoms with Crippen LogP contribution in [0.15, 0.2) is 11.3 Å². The van der Waals surface area contributed by atoms with E-state index in [0.717, 1.165) is 4.90 Å². The van der Waals surface area contributed by atoms with E-state index in [9.17, 15) is 24.3 Å². The molecule has 0 radical (unpaired) electrons. The van der Waals surface area contributed by atoms with Gasteiger partial charge in [0.2, 0.25) is 6.41 Å². The van der Waals surface area contributed by atoms with Gasteiger partial charge in [-0.2, -0.15) is 0 Å². The van der Waals surface area contributed by atoms with E-state index in [1.165, 1.54) is 18.7 Å². The molecule has 8 nitrogen and oxygen atoms in total. The summed E-state index contributed by atoms with van der Waals surface area (Å²) in [5.41, 5.74) is 0.204. The van der Waals surface area contributed by atoms with E-state index >= 15 is 0 Å². The molecule has 1 saturated heterocycles. The second-order valence-corrected chi connectivity index (χ2v) is 5.31. The van der Waals surface area contributed by atoms with Crippen LogP contribution in [-0.2, 0) is 23.9 Å². The van der Waals surface area contributed by atoms with Gasteiger partial charge in [-0.15, -0.1) is 11.8 Å². The molecule has 2 atom stereocenters. The van der Waals surface area contributed by atoms with Crippen LogP contribution in [0.5, 0.6) is 0 Å². The molecule has 108 valence electrons. The third kappa shape index (κ3) is 2.36. The van der Waals surface area contributed by atoms with E-state index < -0.39 is 29.3 Å². The Labute approximate surface area is 118 Å². The summed E-state index contributed by atoms with van der Waals surface area (Å²) in [5, 5.41) is 11.2. The standard InChI is InChI=1S/C11H12N2O6S/c1-5(15)19-2-6-3-20-10-7(12-4-14)9(16)13(10)8(6)11(17)18/h4,7,10H,2-3H2,1H3,(H,12,14)(H,17,18)/t7-,10-/m1/s1. The van der Waals surface area contributed by atoms with Gasteiger partial charge >= 0.3 is 11.9 Å². The molecule has 2 N–H and O–H groups in total. The maximum atomic E-state index is 11.9. The number of carboxylic acids is 1. The number of hydrogen-bond donors (Lipinski definition) is 2. The molecule has 0 aliphatic carbocycles. The summed E-state index contributed by atoms with van der Waals surface area (Å²) in [6.07, 6.45) is 0.416. The Bertz CT molecular complexity index is 517. The average Bonchev–Trinajstić information content (AvgIpc) is 2.40. The van der Waals surface area contributed by atoms with E-state index in [-0.39, 0.29) is 12.3 Å². The van der Waals surface area contributed by atoms with Crippen molar-refractivity contribution in [3.8, 4) is 0 Å². The minimum atomic E-state index is -1.25. The lowest BCUT2D eigenvalue weighted by molar-refractivity contribution is -0.150. The molecular weight excluding hydrogens is 288 g/mol. The van der Waals surface area contributed by atoms with E-state index in [4.69, 9.17) is 4.74 Å². The number of amides is 2. The minimum absolute atomic E-state index is 0.160. The van der Waals surface area contributed by atoms with Crippen molar-refractivity contribution in [1.29, 1.82) is 0 Å². The molecule has 0 aromatic rings. The lowest BCUT2D eigenvalue weighted by Crippen LogP contribution is -2.69. The van der Waals surface area contributed by atoms with Crippen molar-refractivity contribution in [3.05, 3.63) is 11.3 Å². The zero-order chi connectivity index (χ0) is 14.9. The summed E-state index contributed by atoms with van der Waals surface area (Å²) in [7, 11) is 0. The maximum Gasteiger partial charge on any atom is 0.352 e. The number of β-lactam (4-membered cyclic amide) rings is 1. The summed E-state index contributed by atoms with van der Waals surface area (Å²) < 4.78 is 4.80. The quantitative estimate of drug-likeness (QED) is 0.377. The van der Waals surface area contributed by atoms with Crippen LogP contribution < -0.4 is 5.32 Å². The maximum absolute atomic E-state index is 11.9. The molecule has 0 bridgehead atoms. The molecule has 20 heavy (non-hydrogen) atoms. The van der Waals surface area contributed by atoms with Crippen LogP contribution in [0.4, 0.5) is 0 Å². The molecule has 2 rings (SSSR count). The number of fused-ring (bicyclic) bond motifs is 1. The Kier molecular flexibility index (Phi) is 3.98. The zero-order valence-corrected chi connectivity index (χ0v) is 11.3. The van der Waals surface area contributed by atoms with E-state index in [0.29, 0.717) is 17.7 Å². The molecule has 0 saturated carbocycles. The fourth-order valence-corrected chi connectivity index (χ4v) is 3.41. The molecule has 1 fully saturated rings. The first-order valence-electron chi connectivity index (χ1n) is 5.70. The number of carbonyl (C=O) groups is 4. The third-order valence-corrected chi connectivity index (χ3v) is 4.29. The fraction of sp³-hybridized carbons (Fsp3) is 0.455. The van der Waals surface area contributed by atoms with Gasteiger partial charge in [-0.05, 0) is 0 Å². The van der Waals surface area contributed by atoms with Crippen LogP contribution in [0.25, 0.3) is 0 Å². The highest BCUT2D eigenvalue weighted by molar-refractivity contribution is 8.00. The molecule has 9 heteroatoms. The van der Waals surface area contributed by atoms with Crippen LogP contribution in [0.3, 0.4) is 0 Å². The normalized spacial score (nSPS) is 24.6. The Morgan fingerprint density at radius 3 is 2.85 bits per heavy atom. The highest BCUT2D eigenvalue weighted by Gasteiger charge is 2.53. The number of carboxylic acid groups (broad SMARTS) is 1. The molecule has 2 aliphatic heterocycles. The Morgan fingerprint density at radius 1 is 1.60 bits per heavy atom. The van der Waals surface area contributed by atoms with Gasteiger partial charge in [0, 0.05) is 18.2 Å². The van der Waals surface area contributed by atoms with Crippen molar-refractivity contribution in [2.75, 3.05) is 12.4 Å². The zero-order valence-electron chi connectivity index (χ0n) is 10.5. The van der Waals surface area contributed by atoms with E-state index in [2.05, 4.69) is 5.32 Å². The van der Waals surface area contributed by atoms with Gasteiger partial charge in [0.25, 0.3) is 5.91 Å². The number of ether oxygens (including phenoxy) is 1. The van der Waals surface area contributed by atoms with Gasteiger partial charge in [-0.3, -0.25) is 19.3 Å². The van der Waals surface area contributed by atoms with Gasteiger partial charge < -0.3 is 15.2 Å². The first-order chi connectivity index (χ1) is 9.47. The van der Waals surface area contributed by atoms with Crippen molar-refractivity contribution in [2.24, 2.45) is 0 Å². The highest BCUT2D eigenvalue weighted by Crippen LogP contribution is 2.40. The van der Waals surface area contributed by atoms with Crippen molar-refractivity contribution in [2.45, 2.75) is 18.3 Å². The topological polar surface area (TPSA) is 113 Å². The summed E-state index contributed by atoms with van der Waals surface area (Å²) in [5.74, 6) is -1.94. The van der Waals surface area contributed by atoms with Crippen molar-refractivity contribution in [3.63, 3.8) is 0 Å². The highest BCUT2D eigenvalue weighted by atomic mass is 32.2. The van der Waals surface area contributed by atoms with Gasteiger partial charge in [-0.25, -0.2) is 4.79 Å². The van der Waals surface area contributed by atoms with Crippen LogP contribution in [0.2, 0.25) is 0 Å². The molecule has 0 unspecified atom stereocenters. The number of rotatable bonds is 5. The number of aliphatic carboxylic acids is 1. The molecule has 0 spiro atoms. The molecular formula is C11H12N2O6S. The van der Waals surface area contributed by atoms with Crippen LogP contribution >= 0.6 is 11.8 Å². The van der Waals surface area contributed by atoms with Gasteiger partial charge in [-0.1, -0.05) is 0 Å². The molecule has 2 heterocycles.